The van der Waals surface area contributed by atoms with Gasteiger partial charge in [0, 0.05) is 25.3 Å². The van der Waals surface area contributed by atoms with Gasteiger partial charge in [0.05, 0.1) is 42.9 Å². The van der Waals surface area contributed by atoms with Crippen LogP contribution in [0, 0.1) is 0 Å². The van der Waals surface area contributed by atoms with Crippen molar-refractivity contribution in [3.63, 3.8) is 0 Å². The van der Waals surface area contributed by atoms with Crippen LogP contribution in [0.25, 0.3) is 0 Å². The normalized spacial score (nSPS) is 16.0. The first kappa shape index (κ1) is 19.3. The number of nitrogens with zero attached hydrogens (tertiary/aromatic N) is 1. The summed E-state index contributed by atoms with van der Waals surface area (Å²) in [6.45, 7) is 1.55. The Labute approximate surface area is 163 Å². The van der Waals surface area contributed by atoms with Crippen LogP contribution >= 0.6 is 11.6 Å². The van der Waals surface area contributed by atoms with Crippen LogP contribution in [0.3, 0.4) is 0 Å². The summed E-state index contributed by atoms with van der Waals surface area (Å²) in [5, 5.41) is 6.44. The molecule has 1 amide bonds. The first-order valence-electron chi connectivity index (χ1n) is 8.65. The van der Waals surface area contributed by atoms with Crippen molar-refractivity contribution in [1.82, 2.24) is 4.98 Å². The molecule has 0 bridgehead atoms. The van der Waals surface area contributed by atoms with E-state index in [1.54, 1.807) is 24.4 Å². The fourth-order valence-electron chi connectivity index (χ4n) is 2.81. The van der Waals surface area contributed by atoms with Crippen molar-refractivity contribution in [1.29, 1.82) is 0 Å². The highest BCUT2D eigenvalue weighted by atomic mass is 35.5. The number of anilines is 2. The second-order valence-electron chi connectivity index (χ2n) is 6.09. The van der Waals surface area contributed by atoms with E-state index in [1.807, 2.05) is 6.07 Å². The molecule has 2 aromatic rings. The minimum absolute atomic E-state index is 0.236. The molecule has 1 unspecified atom stereocenters. The SMILES string of the molecule is COc1cc(NC(=O)c2ccc(NCC3CCCO3)cn2)c(OC)cc1Cl. The molecule has 7 nitrogen and oxygen atoms in total. The van der Waals surface area contributed by atoms with Crippen LogP contribution in [-0.4, -0.2) is 44.4 Å². The molecule has 0 saturated carbocycles. The number of amides is 1. The molecule has 1 saturated heterocycles. The summed E-state index contributed by atoms with van der Waals surface area (Å²) in [6.07, 6.45) is 4.03. The first-order valence-corrected chi connectivity index (χ1v) is 9.03. The number of hydrogen-bond acceptors (Lipinski definition) is 6. The van der Waals surface area contributed by atoms with Crippen molar-refractivity contribution in [2.75, 3.05) is 38.0 Å². The molecule has 144 valence electrons. The van der Waals surface area contributed by atoms with Crippen LogP contribution in [0.4, 0.5) is 11.4 Å². The van der Waals surface area contributed by atoms with Crippen LogP contribution in [0.2, 0.25) is 5.02 Å². The van der Waals surface area contributed by atoms with Gasteiger partial charge in [-0.2, -0.15) is 0 Å². The van der Waals surface area contributed by atoms with Crippen LogP contribution in [0.15, 0.2) is 30.5 Å². The van der Waals surface area contributed by atoms with Gasteiger partial charge in [-0.3, -0.25) is 4.79 Å². The van der Waals surface area contributed by atoms with E-state index >= 15 is 0 Å². The summed E-state index contributed by atoms with van der Waals surface area (Å²) in [4.78, 5) is 16.7. The van der Waals surface area contributed by atoms with Crippen LogP contribution < -0.4 is 20.1 Å². The van der Waals surface area contributed by atoms with E-state index in [0.29, 0.717) is 22.2 Å². The molecule has 1 fully saturated rings. The Hall–Kier alpha value is -2.51. The third-order valence-corrected chi connectivity index (χ3v) is 4.57. The minimum Gasteiger partial charge on any atom is -0.495 e. The van der Waals surface area contributed by atoms with Crippen molar-refractivity contribution in [3.05, 3.63) is 41.2 Å². The Kier molecular flexibility index (Phi) is 6.36. The highest BCUT2D eigenvalue weighted by Gasteiger charge is 2.16. The third kappa shape index (κ3) is 4.81. The molecule has 2 N–H and O–H groups in total. The number of hydrogen-bond donors (Lipinski definition) is 2. The van der Waals surface area contributed by atoms with E-state index in [4.69, 9.17) is 25.8 Å². The number of pyridine rings is 1. The maximum absolute atomic E-state index is 12.5. The minimum atomic E-state index is -0.358. The number of nitrogens with one attached hydrogen (secondary N) is 2. The number of halogens is 1. The smallest absolute Gasteiger partial charge is 0.274 e. The average Bonchev–Trinajstić information content (AvgIpc) is 3.21. The lowest BCUT2D eigenvalue weighted by atomic mass is 10.2. The molecule has 1 aromatic heterocycles. The number of rotatable bonds is 7. The van der Waals surface area contributed by atoms with Gasteiger partial charge in [0.2, 0.25) is 0 Å². The van der Waals surface area contributed by atoms with E-state index in [1.165, 1.54) is 14.2 Å². The van der Waals surface area contributed by atoms with E-state index in [9.17, 15) is 4.79 Å². The van der Waals surface area contributed by atoms with E-state index in [0.717, 1.165) is 31.7 Å². The Balaban J connectivity index is 1.65. The van der Waals surface area contributed by atoms with E-state index in [-0.39, 0.29) is 17.7 Å². The molecule has 8 heteroatoms. The lowest BCUT2D eigenvalue weighted by Crippen LogP contribution is -2.19. The fraction of sp³-hybridized carbons (Fsp3) is 0.368. The van der Waals surface area contributed by atoms with Crippen molar-refractivity contribution in [2.24, 2.45) is 0 Å². The van der Waals surface area contributed by atoms with Crippen molar-refractivity contribution in [3.8, 4) is 11.5 Å². The third-order valence-electron chi connectivity index (χ3n) is 4.28. The van der Waals surface area contributed by atoms with Crippen molar-refractivity contribution in [2.45, 2.75) is 18.9 Å². The summed E-state index contributed by atoms with van der Waals surface area (Å²) in [6, 6.07) is 6.67. The zero-order chi connectivity index (χ0) is 19.2. The molecule has 27 heavy (non-hydrogen) atoms. The summed E-state index contributed by atoms with van der Waals surface area (Å²) >= 11 is 6.08. The molecular weight excluding hydrogens is 370 g/mol. The number of aromatic nitrogens is 1. The predicted molar refractivity (Wildman–Crippen MR) is 104 cm³/mol. The number of ether oxygens (including phenoxy) is 3. The number of benzene rings is 1. The molecule has 0 spiro atoms. The molecule has 2 heterocycles. The number of methoxy groups -OCH3 is 2. The summed E-state index contributed by atoms with van der Waals surface area (Å²) in [5.74, 6) is 0.516. The van der Waals surface area contributed by atoms with E-state index < -0.39 is 0 Å². The van der Waals surface area contributed by atoms with Gasteiger partial charge in [0.1, 0.15) is 17.2 Å². The van der Waals surface area contributed by atoms with Crippen molar-refractivity contribution >= 4 is 28.9 Å². The molecule has 0 radical (unpaired) electrons. The van der Waals surface area contributed by atoms with Crippen LogP contribution in [0.1, 0.15) is 23.3 Å². The van der Waals surface area contributed by atoms with Crippen LogP contribution in [-0.2, 0) is 4.74 Å². The molecule has 0 aliphatic carbocycles. The highest BCUT2D eigenvalue weighted by Crippen LogP contribution is 2.36. The molecule has 3 rings (SSSR count). The Morgan fingerprint density at radius 2 is 2.11 bits per heavy atom. The molecular formula is C19H22ClN3O4. The van der Waals surface area contributed by atoms with Gasteiger partial charge in [-0.25, -0.2) is 4.98 Å². The van der Waals surface area contributed by atoms with Gasteiger partial charge in [-0.1, -0.05) is 11.6 Å². The van der Waals surface area contributed by atoms with Gasteiger partial charge < -0.3 is 24.8 Å². The maximum atomic E-state index is 12.5. The fourth-order valence-corrected chi connectivity index (χ4v) is 3.05. The zero-order valence-corrected chi connectivity index (χ0v) is 16.0. The zero-order valence-electron chi connectivity index (χ0n) is 15.3. The monoisotopic (exact) mass is 391 g/mol. The summed E-state index contributed by atoms with van der Waals surface area (Å²) < 4.78 is 16.0. The molecule has 1 aliphatic rings. The lowest BCUT2D eigenvalue weighted by Gasteiger charge is -2.13. The first-order chi connectivity index (χ1) is 13.1. The second-order valence-corrected chi connectivity index (χ2v) is 6.50. The van der Waals surface area contributed by atoms with Gasteiger partial charge in [-0.15, -0.1) is 0 Å². The summed E-state index contributed by atoms with van der Waals surface area (Å²) in [7, 11) is 3.00. The maximum Gasteiger partial charge on any atom is 0.274 e. The predicted octanol–water partition coefficient (Wildman–Crippen LogP) is 3.60. The van der Waals surface area contributed by atoms with Gasteiger partial charge >= 0.3 is 0 Å². The van der Waals surface area contributed by atoms with Crippen LogP contribution in [0.5, 0.6) is 11.5 Å². The molecule has 1 aromatic carbocycles. The van der Waals surface area contributed by atoms with Gasteiger partial charge in [0.15, 0.2) is 0 Å². The number of carbonyl (C=O) groups is 1. The van der Waals surface area contributed by atoms with E-state index in [2.05, 4.69) is 15.6 Å². The Morgan fingerprint density at radius 1 is 1.30 bits per heavy atom. The molecule has 1 atom stereocenters. The van der Waals surface area contributed by atoms with Gasteiger partial charge in [-0.05, 0) is 25.0 Å². The quantitative estimate of drug-likeness (QED) is 0.750. The summed E-state index contributed by atoms with van der Waals surface area (Å²) in [5.41, 5.74) is 1.58. The Morgan fingerprint density at radius 3 is 2.74 bits per heavy atom. The Bertz CT molecular complexity index is 792. The second kappa shape index (κ2) is 8.92. The van der Waals surface area contributed by atoms with Gasteiger partial charge in [0.25, 0.3) is 5.91 Å². The topological polar surface area (TPSA) is 81.7 Å². The van der Waals surface area contributed by atoms with Crippen molar-refractivity contribution < 1.29 is 19.0 Å². The average molecular weight is 392 g/mol. The number of carbonyl (C=O) groups excluding carboxylic acids is 1. The molecule has 1 aliphatic heterocycles. The highest BCUT2D eigenvalue weighted by molar-refractivity contribution is 6.32. The lowest BCUT2D eigenvalue weighted by molar-refractivity contribution is 0.102. The largest absolute Gasteiger partial charge is 0.495 e. The standard InChI is InChI=1S/C19H22ClN3O4/c1-25-17-9-16(18(26-2)8-14(17)20)23-19(24)15-6-5-12(10-22-15)21-11-13-4-3-7-27-13/h5-6,8-10,13,21H,3-4,7,11H2,1-2H3,(H,23,24).